The van der Waals surface area contributed by atoms with Crippen LogP contribution in [0.15, 0.2) is 133 Å². The Balaban J connectivity index is 1.11. The number of nitrogens with zero attached hydrogens (tertiary/aromatic N) is 4. The second kappa shape index (κ2) is 16.2. The average molecular weight is 861 g/mol. The molecule has 0 aliphatic carbocycles. The summed E-state index contributed by atoms with van der Waals surface area (Å²) in [6.45, 7) is 6.63. The van der Waals surface area contributed by atoms with Gasteiger partial charge >= 0.3 is 0 Å². The van der Waals surface area contributed by atoms with Crippen LogP contribution in [0.25, 0.3) is 10.8 Å². The maximum Gasteiger partial charge on any atom is 0.269 e. The molecule has 0 aromatic heterocycles. The van der Waals surface area contributed by atoms with E-state index in [2.05, 4.69) is 13.1 Å². The molecule has 0 bridgehead atoms. The maximum absolute atomic E-state index is 15.6. The molecule has 1 spiro atoms. The van der Waals surface area contributed by atoms with Gasteiger partial charge in [0.05, 0.1) is 62.7 Å². The van der Waals surface area contributed by atoms with Gasteiger partial charge in [-0.3, -0.25) is 29.4 Å². The Bertz CT molecular complexity index is 2780. The lowest BCUT2D eigenvalue weighted by Crippen LogP contribution is -2.52. The van der Waals surface area contributed by atoms with Crippen LogP contribution in [0.5, 0.6) is 5.75 Å². The Labute approximate surface area is 366 Å². The summed E-state index contributed by atoms with van der Waals surface area (Å²) in [7, 11) is -1.09. The minimum Gasteiger partial charge on any atom is -0.497 e. The Morgan fingerprint density at radius 2 is 1.60 bits per heavy atom. The van der Waals surface area contributed by atoms with Gasteiger partial charge in [0.15, 0.2) is 5.60 Å². The summed E-state index contributed by atoms with van der Waals surface area (Å²) >= 11 is 0. The van der Waals surface area contributed by atoms with Gasteiger partial charge in [-0.2, -0.15) is 0 Å². The van der Waals surface area contributed by atoms with Crippen molar-refractivity contribution in [1.29, 1.82) is 0 Å². The summed E-state index contributed by atoms with van der Waals surface area (Å²) in [5, 5.41) is 25.4. The van der Waals surface area contributed by atoms with Crippen LogP contribution < -0.4 is 19.7 Å². The first kappa shape index (κ1) is 41.7. The van der Waals surface area contributed by atoms with Gasteiger partial charge in [-0.1, -0.05) is 104 Å². The van der Waals surface area contributed by atoms with Crippen LogP contribution in [0.3, 0.4) is 0 Å². The number of anilines is 3. The van der Waals surface area contributed by atoms with Crippen LogP contribution in [0.4, 0.5) is 22.7 Å². The normalized spacial score (nSPS) is 20.2. The molecule has 320 valence electrons. The number of benzene rings is 6. The van der Waals surface area contributed by atoms with Crippen molar-refractivity contribution >= 4 is 64.5 Å². The molecule has 13 heteroatoms. The zero-order valence-corrected chi connectivity index (χ0v) is 36.6. The van der Waals surface area contributed by atoms with E-state index >= 15 is 4.79 Å². The number of carbonyl (C=O) groups excluding carboxylic acids is 3. The molecule has 12 nitrogen and oxygen atoms in total. The molecule has 0 saturated carbocycles. The highest BCUT2D eigenvalue weighted by Crippen LogP contribution is 2.60. The molecule has 1 saturated heterocycles. The smallest absolute Gasteiger partial charge is 0.269 e. The molecule has 0 radical (unpaired) electrons. The third kappa shape index (κ3) is 6.96. The predicted molar refractivity (Wildman–Crippen MR) is 244 cm³/mol. The van der Waals surface area contributed by atoms with E-state index in [-0.39, 0.29) is 61.6 Å². The van der Waals surface area contributed by atoms with Crippen molar-refractivity contribution in [2.24, 2.45) is 5.92 Å². The lowest BCUT2D eigenvalue weighted by molar-refractivity contribution is -0.385. The number of nitro groups is 1. The standard InChI is InChI=1S/C50H48N4O8Si/c1-32-47(63(3,4)39-22-20-38(61-2)21-23-39)44(29-45(56)51(25-26-55)30-33-11-6-5-7-12-33)62-50(32)41-28-37(54(59)60)19-24-42(41)52(49(50)58)31-34-13-8-16-36(27-34)53-43-18-10-15-35-14-9-17-40(46(35)43)48(53)57/h5-24,27-28,32,44,47,55H,25-26,29-31H2,1-4H3/t32-,44+,47-,50+/m0/s1. The van der Waals surface area contributed by atoms with Gasteiger partial charge in [0.1, 0.15) is 5.75 Å². The van der Waals surface area contributed by atoms with Gasteiger partial charge in [-0.15, -0.1) is 0 Å². The highest BCUT2D eigenvalue weighted by molar-refractivity contribution is 6.91. The molecular formula is C50H48N4O8Si. The van der Waals surface area contributed by atoms with E-state index in [0.29, 0.717) is 28.3 Å². The second-order valence-electron chi connectivity index (χ2n) is 17.2. The zero-order chi connectivity index (χ0) is 44.2. The predicted octanol–water partition coefficient (Wildman–Crippen LogP) is 8.22. The number of rotatable bonds is 13. The quantitative estimate of drug-likeness (QED) is 0.0696. The van der Waals surface area contributed by atoms with Crippen molar-refractivity contribution in [3.8, 4) is 5.75 Å². The van der Waals surface area contributed by atoms with Gasteiger partial charge in [0, 0.05) is 47.8 Å². The van der Waals surface area contributed by atoms with Gasteiger partial charge in [0.2, 0.25) is 5.91 Å². The Morgan fingerprint density at radius 1 is 0.889 bits per heavy atom. The molecule has 1 fully saturated rings. The average Bonchev–Trinajstić information content (AvgIpc) is 3.84. The number of hydrogen-bond acceptors (Lipinski definition) is 8. The first-order chi connectivity index (χ1) is 30.4. The summed E-state index contributed by atoms with van der Waals surface area (Å²) in [6, 6.07) is 41.0. The molecule has 6 aromatic rings. The van der Waals surface area contributed by atoms with E-state index in [0.717, 1.165) is 32.8 Å². The van der Waals surface area contributed by atoms with E-state index < -0.39 is 30.6 Å². The summed E-state index contributed by atoms with van der Waals surface area (Å²) in [4.78, 5) is 60.9. The lowest BCUT2D eigenvalue weighted by atomic mass is 9.82. The molecule has 3 amide bonds. The number of fused-ring (bicyclic) bond motifs is 2. The Kier molecular flexibility index (Phi) is 10.7. The minimum absolute atomic E-state index is 0.0746. The van der Waals surface area contributed by atoms with E-state index in [1.807, 2.05) is 122 Å². The number of hydrogen-bond donors (Lipinski definition) is 1. The minimum atomic E-state index is -2.70. The van der Waals surface area contributed by atoms with Crippen LogP contribution in [0.1, 0.15) is 40.4 Å². The third-order valence-corrected chi connectivity index (χ3v) is 17.8. The van der Waals surface area contributed by atoms with E-state index in [4.69, 9.17) is 9.47 Å². The van der Waals surface area contributed by atoms with Gasteiger partial charge in [0.25, 0.3) is 17.5 Å². The first-order valence-electron chi connectivity index (χ1n) is 21.2. The third-order valence-electron chi connectivity index (χ3n) is 13.4. The molecule has 4 atom stereocenters. The number of carbonyl (C=O) groups is 3. The Hall–Kier alpha value is -6.67. The van der Waals surface area contributed by atoms with Crippen molar-refractivity contribution in [3.05, 3.63) is 166 Å². The molecular weight excluding hydrogens is 813 g/mol. The topological polar surface area (TPSA) is 143 Å². The van der Waals surface area contributed by atoms with E-state index in [1.54, 1.807) is 27.9 Å². The zero-order valence-electron chi connectivity index (χ0n) is 35.6. The van der Waals surface area contributed by atoms with E-state index in [9.17, 15) is 24.8 Å². The monoisotopic (exact) mass is 860 g/mol. The number of non-ortho nitro benzene ring substituents is 1. The largest absolute Gasteiger partial charge is 0.497 e. The molecule has 63 heavy (non-hydrogen) atoms. The van der Waals surface area contributed by atoms with Crippen molar-refractivity contribution in [2.75, 3.05) is 30.1 Å². The van der Waals surface area contributed by atoms with Crippen LogP contribution in [0, 0.1) is 16.0 Å². The van der Waals surface area contributed by atoms with Crippen LogP contribution in [-0.2, 0) is 33.0 Å². The number of ether oxygens (including phenoxy) is 2. The fraction of sp³-hybridized carbons (Fsp3) is 0.260. The number of aliphatic hydroxyl groups is 1. The van der Waals surface area contributed by atoms with Gasteiger partial charge < -0.3 is 24.4 Å². The Morgan fingerprint density at radius 3 is 2.32 bits per heavy atom. The number of amides is 3. The molecule has 3 heterocycles. The molecule has 0 unspecified atom stereocenters. The second-order valence-corrected chi connectivity index (χ2v) is 21.9. The van der Waals surface area contributed by atoms with Crippen molar-refractivity contribution in [1.82, 2.24) is 4.90 Å². The highest BCUT2D eigenvalue weighted by Gasteiger charge is 2.67. The highest BCUT2D eigenvalue weighted by atomic mass is 28.3. The molecule has 9 rings (SSSR count). The molecule has 3 aliphatic rings. The SMILES string of the molecule is COc1ccc([Si](C)(C)[C@@H]2[C@@H](CC(=O)N(CCO)Cc3ccccc3)O[C@]3(C(=O)N(Cc4cccc(N5C(=O)c6cccc7cccc5c67)c4)c4ccc([N+](=O)[O-])cc43)[C@H]2C)cc1. The van der Waals surface area contributed by atoms with Gasteiger partial charge in [-0.25, -0.2) is 0 Å². The summed E-state index contributed by atoms with van der Waals surface area (Å²) in [6.07, 6.45) is -0.840. The van der Waals surface area contributed by atoms with Crippen molar-refractivity contribution in [2.45, 2.75) is 56.8 Å². The summed E-state index contributed by atoms with van der Waals surface area (Å²) in [5.41, 5.74) is 2.38. The fourth-order valence-corrected chi connectivity index (χ4v) is 14.4. The molecule has 3 aliphatic heterocycles. The first-order valence-corrected chi connectivity index (χ1v) is 24.3. The van der Waals surface area contributed by atoms with Crippen molar-refractivity contribution < 1.29 is 33.9 Å². The van der Waals surface area contributed by atoms with Crippen LogP contribution in [0.2, 0.25) is 18.6 Å². The molecule has 1 N–H and O–H groups in total. The van der Waals surface area contributed by atoms with Gasteiger partial charge in [-0.05, 0) is 64.5 Å². The molecule has 6 aromatic carbocycles. The maximum atomic E-state index is 15.6. The van der Waals surface area contributed by atoms with Crippen molar-refractivity contribution in [3.63, 3.8) is 0 Å². The number of aliphatic hydroxyl groups excluding tert-OH is 1. The van der Waals surface area contributed by atoms with Crippen LogP contribution >= 0.6 is 0 Å². The summed E-state index contributed by atoms with van der Waals surface area (Å²) < 4.78 is 12.7. The number of nitro benzene ring substituents is 1. The lowest BCUT2D eigenvalue weighted by Gasteiger charge is -2.37. The summed E-state index contributed by atoms with van der Waals surface area (Å²) in [5.74, 6) is -0.589. The fourth-order valence-electron chi connectivity index (χ4n) is 10.4. The number of methoxy groups -OCH3 is 1. The van der Waals surface area contributed by atoms with E-state index in [1.165, 1.54) is 12.1 Å². The van der Waals surface area contributed by atoms with Crippen LogP contribution in [-0.4, -0.2) is 67.1 Å².